The lowest BCUT2D eigenvalue weighted by Gasteiger charge is -2.49. The molecule has 1 spiro atoms. The Morgan fingerprint density at radius 3 is 2.50 bits per heavy atom. The maximum atomic E-state index is 6.64. The topological polar surface area (TPSA) is 53.7 Å². The van der Waals surface area contributed by atoms with Crippen molar-refractivity contribution in [1.29, 1.82) is 0 Å². The Bertz CT molecular complexity index is 303. The first-order valence-corrected chi connectivity index (χ1v) is 8.25. The molecule has 3 atom stereocenters. The molecule has 0 bridgehead atoms. The first-order valence-electron chi connectivity index (χ1n) is 8.25. The van der Waals surface area contributed by atoms with Crippen molar-refractivity contribution in [2.24, 2.45) is 11.7 Å². The van der Waals surface area contributed by atoms with E-state index >= 15 is 0 Å². The van der Waals surface area contributed by atoms with Crippen molar-refractivity contribution in [3.8, 4) is 0 Å². The SMILES string of the molecule is CC1(C(N)C2CCOC3(CCOCC3)C2)CCCCO1. The number of rotatable bonds is 2. The van der Waals surface area contributed by atoms with Crippen molar-refractivity contribution in [2.75, 3.05) is 26.4 Å². The molecule has 0 radical (unpaired) electrons. The molecular weight excluding hydrogens is 254 g/mol. The largest absolute Gasteiger partial charge is 0.381 e. The highest BCUT2D eigenvalue weighted by Gasteiger charge is 2.45. The fraction of sp³-hybridized carbons (Fsp3) is 1.00. The van der Waals surface area contributed by atoms with Gasteiger partial charge in [0.25, 0.3) is 0 Å². The molecule has 3 unspecified atom stereocenters. The first kappa shape index (κ1) is 14.8. The third-order valence-corrected chi connectivity index (χ3v) is 5.65. The number of hydrogen-bond acceptors (Lipinski definition) is 4. The van der Waals surface area contributed by atoms with Gasteiger partial charge in [-0.2, -0.15) is 0 Å². The second kappa shape index (κ2) is 5.91. The zero-order chi connectivity index (χ0) is 14.1. The predicted octanol–water partition coefficient (Wildman–Crippen LogP) is 2.25. The lowest BCUT2D eigenvalue weighted by molar-refractivity contribution is -0.163. The van der Waals surface area contributed by atoms with Crippen LogP contribution in [-0.2, 0) is 14.2 Å². The highest BCUT2D eigenvalue weighted by Crippen LogP contribution is 2.41. The van der Waals surface area contributed by atoms with Gasteiger partial charge in [-0.15, -0.1) is 0 Å². The van der Waals surface area contributed by atoms with Crippen molar-refractivity contribution in [1.82, 2.24) is 0 Å². The van der Waals surface area contributed by atoms with Crippen LogP contribution in [0.15, 0.2) is 0 Å². The van der Waals surface area contributed by atoms with E-state index in [1.807, 2.05) is 0 Å². The van der Waals surface area contributed by atoms with Crippen molar-refractivity contribution in [3.63, 3.8) is 0 Å². The summed E-state index contributed by atoms with van der Waals surface area (Å²) in [5, 5.41) is 0. The van der Waals surface area contributed by atoms with E-state index in [-0.39, 0.29) is 17.2 Å². The molecule has 116 valence electrons. The van der Waals surface area contributed by atoms with Crippen LogP contribution in [0.2, 0.25) is 0 Å². The second-order valence-corrected chi connectivity index (χ2v) is 7.04. The monoisotopic (exact) mass is 283 g/mol. The zero-order valence-electron chi connectivity index (χ0n) is 12.7. The molecule has 3 heterocycles. The van der Waals surface area contributed by atoms with Gasteiger partial charge in [-0.05, 0) is 57.8 Å². The van der Waals surface area contributed by atoms with Gasteiger partial charge in [0.15, 0.2) is 0 Å². The van der Waals surface area contributed by atoms with Gasteiger partial charge in [0.1, 0.15) is 0 Å². The molecule has 4 nitrogen and oxygen atoms in total. The summed E-state index contributed by atoms with van der Waals surface area (Å²) < 4.78 is 17.7. The lowest BCUT2D eigenvalue weighted by Crippen LogP contribution is -2.57. The van der Waals surface area contributed by atoms with Crippen LogP contribution >= 0.6 is 0 Å². The van der Waals surface area contributed by atoms with Crippen LogP contribution in [0.5, 0.6) is 0 Å². The molecule has 3 fully saturated rings. The van der Waals surface area contributed by atoms with Crippen LogP contribution in [0, 0.1) is 5.92 Å². The van der Waals surface area contributed by atoms with Crippen molar-refractivity contribution >= 4 is 0 Å². The minimum absolute atomic E-state index is 0.0316. The Hall–Kier alpha value is -0.160. The van der Waals surface area contributed by atoms with Crippen LogP contribution in [0.25, 0.3) is 0 Å². The summed E-state index contributed by atoms with van der Waals surface area (Å²) >= 11 is 0. The molecule has 3 aliphatic rings. The predicted molar refractivity (Wildman–Crippen MR) is 77.6 cm³/mol. The lowest BCUT2D eigenvalue weighted by atomic mass is 9.72. The Kier molecular flexibility index (Phi) is 4.37. The molecular formula is C16H29NO3. The molecule has 3 rings (SSSR count). The van der Waals surface area contributed by atoms with Gasteiger partial charge >= 0.3 is 0 Å². The Morgan fingerprint density at radius 1 is 1.00 bits per heavy atom. The third-order valence-electron chi connectivity index (χ3n) is 5.65. The zero-order valence-corrected chi connectivity index (χ0v) is 12.7. The molecule has 0 aromatic carbocycles. The van der Waals surface area contributed by atoms with Gasteiger partial charge in [0.2, 0.25) is 0 Å². The summed E-state index contributed by atoms with van der Waals surface area (Å²) in [5.74, 6) is 0.518. The van der Waals surface area contributed by atoms with Crippen molar-refractivity contribution < 1.29 is 14.2 Å². The summed E-state index contributed by atoms with van der Waals surface area (Å²) in [6, 6.07) is 0.131. The van der Waals surface area contributed by atoms with Gasteiger partial charge in [-0.25, -0.2) is 0 Å². The molecule has 0 aromatic rings. The van der Waals surface area contributed by atoms with Crippen LogP contribution in [0.3, 0.4) is 0 Å². The van der Waals surface area contributed by atoms with E-state index in [2.05, 4.69) is 6.92 Å². The molecule has 0 aliphatic carbocycles. The van der Waals surface area contributed by atoms with Gasteiger partial charge in [0.05, 0.1) is 11.2 Å². The molecule has 2 N–H and O–H groups in total. The smallest absolute Gasteiger partial charge is 0.0807 e. The van der Waals surface area contributed by atoms with Gasteiger partial charge < -0.3 is 19.9 Å². The summed E-state index contributed by atoms with van der Waals surface area (Å²) in [7, 11) is 0. The molecule has 20 heavy (non-hydrogen) atoms. The third kappa shape index (κ3) is 2.89. The minimum Gasteiger partial charge on any atom is -0.381 e. The molecule has 0 saturated carbocycles. The summed E-state index contributed by atoms with van der Waals surface area (Å²) in [4.78, 5) is 0. The summed E-state index contributed by atoms with van der Waals surface area (Å²) in [6.45, 7) is 5.58. The van der Waals surface area contributed by atoms with Crippen LogP contribution < -0.4 is 5.73 Å². The fourth-order valence-electron chi connectivity index (χ4n) is 4.18. The van der Waals surface area contributed by atoms with Crippen LogP contribution in [-0.4, -0.2) is 43.7 Å². The molecule has 3 aliphatic heterocycles. The number of hydrogen-bond donors (Lipinski definition) is 1. The maximum Gasteiger partial charge on any atom is 0.0807 e. The maximum absolute atomic E-state index is 6.64. The van der Waals surface area contributed by atoms with Crippen LogP contribution in [0.4, 0.5) is 0 Å². The second-order valence-electron chi connectivity index (χ2n) is 7.04. The summed E-state index contributed by atoms with van der Waals surface area (Å²) in [6.07, 6.45) is 7.71. The molecule has 3 saturated heterocycles. The standard InChI is InChI=1S/C16H29NO3/c1-15(5-2-3-8-19-15)14(17)13-4-9-20-16(12-13)6-10-18-11-7-16/h13-14H,2-12,17H2,1H3. The Morgan fingerprint density at radius 2 is 1.80 bits per heavy atom. The van der Waals surface area contributed by atoms with E-state index in [1.54, 1.807) is 0 Å². The Labute approximate surface area is 122 Å². The van der Waals surface area contributed by atoms with Gasteiger partial charge in [0, 0.05) is 32.5 Å². The average molecular weight is 283 g/mol. The van der Waals surface area contributed by atoms with E-state index in [9.17, 15) is 0 Å². The van der Waals surface area contributed by atoms with Crippen molar-refractivity contribution in [2.45, 2.75) is 69.1 Å². The summed E-state index contributed by atoms with van der Waals surface area (Å²) in [5.41, 5.74) is 6.53. The minimum atomic E-state index is -0.132. The highest BCUT2D eigenvalue weighted by atomic mass is 16.5. The normalized spacial score (nSPS) is 39.6. The van der Waals surface area contributed by atoms with Gasteiger partial charge in [-0.3, -0.25) is 0 Å². The van der Waals surface area contributed by atoms with E-state index in [4.69, 9.17) is 19.9 Å². The van der Waals surface area contributed by atoms with Crippen molar-refractivity contribution in [3.05, 3.63) is 0 Å². The molecule has 0 amide bonds. The number of nitrogens with two attached hydrogens (primary N) is 1. The quantitative estimate of drug-likeness (QED) is 0.844. The molecule has 0 aromatic heterocycles. The molecule has 4 heteroatoms. The van der Waals surface area contributed by atoms with Gasteiger partial charge in [-0.1, -0.05) is 0 Å². The van der Waals surface area contributed by atoms with Crippen LogP contribution in [0.1, 0.15) is 51.9 Å². The Balaban J connectivity index is 1.66. The first-order chi connectivity index (χ1) is 9.64. The average Bonchev–Trinajstić information content (AvgIpc) is 2.48. The fourth-order valence-corrected chi connectivity index (χ4v) is 4.18. The van der Waals surface area contributed by atoms with E-state index in [0.717, 1.165) is 58.5 Å². The number of ether oxygens (including phenoxy) is 3. The van der Waals surface area contributed by atoms with E-state index in [0.29, 0.717) is 5.92 Å². The van der Waals surface area contributed by atoms with E-state index < -0.39 is 0 Å². The highest BCUT2D eigenvalue weighted by molar-refractivity contribution is 4.99. The van der Waals surface area contributed by atoms with E-state index in [1.165, 1.54) is 12.8 Å².